The number of thiophene rings is 1. The summed E-state index contributed by atoms with van der Waals surface area (Å²) in [5, 5.41) is 12.1. The van der Waals surface area contributed by atoms with Crippen LogP contribution in [0.15, 0.2) is 24.3 Å². The zero-order valence-corrected chi connectivity index (χ0v) is 11.3. The largest absolute Gasteiger partial charge is 0.478 e. The molecule has 6 heteroatoms. The third-order valence-electron chi connectivity index (χ3n) is 3.36. The van der Waals surface area contributed by atoms with E-state index in [4.69, 9.17) is 5.73 Å². The second kappa shape index (κ2) is 4.64. The Morgan fingerprint density at radius 2 is 2.00 bits per heavy atom. The lowest BCUT2D eigenvalue weighted by Crippen LogP contribution is -2.20. The number of rotatable bonds is 2. The number of anilines is 1. The number of nitrogens with one attached hydrogen (secondary N) is 1. The van der Waals surface area contributed by atoms with Crippen molar-refractivity contribution in [3.05, 3.63) is 41.0 Å². The van der Waals surface area contributed by atoms with E-state index in [1.54, 1.807) is 0 Å². The number of hydrogen-bond acceptors (Lipinski definition) is 3. The highest BCUT2D eigenvalue weighted by molar-refractivity contribution is 7.20. The van der Waals surface area contributed by atoms with Crippen molar-refractivity contribution >= 4 is 28.3 Å². The summed E-state index contributed by atoms with van der Waals surface area (Å²) in [7, 11) is 0. The molecule has 1 aromatic carbocycles. The molecule has 1 aliphatic rings. The minimum atomic E-state index is -1.04. The summed E-state index contributed by atoms with van der Waals surface area (Å²) in [6, 6.07) is 7.16. The van der Waals surface area contributed by atoms with Crippen molar-refractivity contribution in [3.63, 3.8) is 0 Å². The van der Waals surface area contributed by atoms with Gasteiger partial charge in [-0.05, 0) is 29.5 Å². The van der Waals surface area contributed by atoms with Gasteiger partial charge in [-0.2, -0.15) is 0 Å². The second-order valence-electron chi connectivity index (χ2n) is 4.57. The van der Waals surface area contributed by atoms with Crippen molar-refractivity contribution in [3.8, 4) is 10.4 Å². The molecule has 1 aromatic heterocycles. The third kappa shape index (κ3) is 1.94. The topological polar surface area (TPSA) is 92.4 Å². The number of benzene rings is 1. The van der Waals surface area contributed by atoms with Crippen molar-refractivity contribution in [2.75, 3.05) is 5.32 Å². The fraction of sp³-hybridized carbons (Fsp3) is 0.143. The minimum Gasteiger partial charge on any atom is -0.478 e. The summed E-state index contributed by atoms with van der Waals surface area (Å²) in [4.78, 5) is 23.4. The van der Waals surface area contributed by atoms with E-state index < -0.39 is 12.0 Å². The fourth-order valence-corrected chi connectivity index (χ4v) is 3.87. The van der Waals surface area contributed by atoms with Crippen molar-refractivity contribution in [2.45, 2.75) is 12.8 Å². The van der Waals surface area contributed by atoms with Crippen LogP contribution in [0.5, 0.6) is 0 Å². The zero-order chi connectivity index (χ0) is 14.3. The van der Waals surface area contributed by atoms with Gasteiger partial charge in [0.15, 0.2) is 0 Å². The Labute approximate surface area is 119 Å². The molecule has 0 bridgehead atoms. The maximum atomic E-state index is 11.5. The van der Waals surface area contributed by atoms with Gasteiger partial charge in [0.05, 0.1) is 5.56 Å². The predicted octanol–water partition coefficient (Wildman–Crippen LogP) is 2.70. The molecule has 0 aliphatic heterocycles. The van der Waals surface area contributed by atoms with Crippen LogP contribution < -0.4 is 11.1 Å². The Bertz CT molecular complexity index is 721. The highest BCUT2D eigenvalue weighted by Gasteiger charge is 2.28. The number of carbonyl (C=O) groups excluding carboxylic acids is 1. The molecule has 102 valence electrons. The lowest BCUT2D eigenvalue weighted by Gasteiger charge is -2.16. The highest BCUT2D eigenvalue weighted by atomic mass is 32.1. The Hall–Kier alpha value is -2.34. The number of aryl methyl sites for hydroxylation is 1. The third-order valence-corrected chi connectivity index (χ3v) is 4.54. The Balaban J connectivity index is 2.21. The van der Waals surface area contributed by atoms with Crippen LogP contribution in [0.1, 0.15) is 21.5 Å². The van der Waals surface area contributed by atoms with E-state index >= 15 is 0 Å². The molecule has 0 radical (unpaired) electrons. The number of urea groups is 1. The van der Waals surface area contributed by atoms with Crippen molar-refractivity contribution in [2.24, 2.45) is 5.73 Å². The average Bonchev–Trinajstić information content (AvgIpc) is 2.76. The van der Waals surface area contributed by atoms with Gasteiger partial charge in [0, 0.05) is 4.88 Å². The standard InChI is InChI=1S/C14H12N2O3S/c15-14(19)16-12-10(13(17)18)9-6-5-7-3-1-2-4-8(7)11(9)20-12/h1-4H,5-6H2,(H,17,18)(H3,15,16,19). The number of carbonyl (C=O) groups is 2. The van der Waals surface area contributed by atoms with Crippen molar-refractivity contribution in [1.29, 1.82) is 0 Å². The molecular weight excluding hydrogens is 276 g/mol. The summed E-state index contributed by atoms with van der Waals surface area (Å²) in [6.07, 6.45) is 1.46. The van der Waals surface area contributed by atoms with Gasteiger partial charge in [-0.1, -0.05) is 24.3 Å². The SMILES string of the molecule is NC(=O)Nc1sc2c(c1C(=O)O)CCc1ccccc1-2. The van der Waals surface area contributed by atoms with E-state index in [2.05, 4.69) is 5.32 Å². The summed E-state index contributed by atoms with van der Waals surface area (Å²) in [6.45, 7) is 0. The number of carboxylic acids is 1. The van der Waals surface area contributed by atoms with Crippen LogP contribution in [0, 0.1) is 0 Å². The number of amides is 2. The molecule has 0 unspecified atom stereocenters. The molecule has 0 saturated heterocycles. The quantitative estimate of drug-likeness (QED) is 0.793. The summed E-state index contributed by atoms with van der Waals surface area (Å²) in [5.41, 5.74) is 8.30. The van der Waals surface area contributed by atoms with E-state index in [1.165, 1.54) is 16.9 Å². The number of aromatic carboxylic acids is 1. The first-order chi connectivity index (χ1) is 9.58. The number of carboxylic acid groups (broad SMARTS) is 1. The fourth-order valence-electron chi connectivity index (χ4n) is 2.57. The molecule has 0 spiro atoms. The lowest BCUT2D eigenvalue weighted by atomic mass is 9.89. The average molecular weight is 288 g/mol. The summed E-state index contributed by atoms with van der Waals surface area (Å²) >= 11 is 1.27. The van der Waals surface area contributed by atoms with E-state index in [0.717, 1.165) is 22.4 Å². The molecule has 5 nitrogen and oxygen atoms in total. The van der Waals surface area contributed by atoms with Crippen LogP contribution in [0.25, 0.3) is 10.4 Å². The molecule has 2 aromatic rings. The predicted molar refractivity (Wildman–Crippen MR) is 77.3 cm³/mol. The van der Waals surface area contributed by atoms with Crippen LogP contribution in [0.2, 0.25) is 0 Å². The molecule has 0 saturated carbocycles. The van der Waals surface area contributed by atoms with Gasteiger partial charge < -0.3 is 10.8 Å². The van der Waals surface area contributed by atoms with Crippen LogP contribution >= 0.6 is 11.3 Å². The van der Waals surface area contributed by atoms with Gasteiger partial charge in [-0.25, -0.2) is 9.59 Å². The van der Waals surface area contributed by atoms with E-state index in [9.17, 15) is 14.7 Å². The van der Waals surface area contributed by atoms with E-state index in [1.807, 2.05) is 24.3 Å². The Kier molecular flexibility index (Phi) is 2.94. The number of hydrogen-bond donors (Lipinski definition) is 3. The van der Waals surface area contributed by atoms with Crippen molar-refractivity contribution in [1.82, 2.24) is 0 Å². The van der Waals surface area contributed by atoms with Gasteiger partial charge in [0.2, 0.25) is 0 Å². The first-order valence-corrected chi connectivity index (χ1v) is 6.93. The second-order valence-corrected chi connectivity index (χ2v) is 5.59. The van der Waals surface area contributed by atoms with Gasteiger partial charge in [-0.3, -0.25) is 5.32 Å². The maximum Gasteiger partial charge on any atom is 0.339 e. The van der Waals surface area contributed by atoms with Crippen LogP contribution in [0.4, 0.5) is 9.80 Å². The molecular formula is C14H12N2O3S. The number of fused-ring (bicyclic) bond motifs is 3. The summed E-state index contributed by atoms with van der Waals surface area (Å²) in [5.74, 6) is -1.04. The first kappa shape index (κ1) is 12.7. The molecule has 0 fully saturated rings. The molecule has 1 aliphatic carbocycles. The van der Waals surface area contributed by atoms with Gasteiger partial charge in [0.1, 0.15) is 5.00 Å². The van der Waals surface area contributed by atoms with Crippen LogP contribution in [0.3, 0.4) is 0 Å². The molecule has 20 heavy (non-hydrogen) atoms. The Morgan fingerprint density at radius 1 is 1.25 bits per heavy atom. The van der Waals surface area contributed by atoms with Gasteiger partial charge in [-0.15, -0.1) is 11.3 Å². The normalized spacial score (nSPS) is 12.4. The molecule has 1 heterocycles. The smallest absolute Gasteiger partial charge is 0.339 e. The minimum absolute atomic E-state index is 0.165. The molecule has 3 rings (SSSR count). The zero-order valence-electron chi connectivity index (χ0n) is 10.5. The van der Waals surface area contributed by atoms with Crippen LogP contribution in [-0.2, 0) is 12.8 Å². The molecule has 2 amide bonds. The first-order valence-electron chi connectivity index (χ1n) is 6.11. The Morgan fingerprint density at radius 3 is 2.70 bits per heavy atom. The van der Waals surface area contributed by atoms with Crippen molar-refractivity contribution < 1.29 is 14.7 Å². The maximum absolute atomic E-state index is 11.5. The number of nitrogens with two attached hydrogens (primary N) is 1. The number of primary amides is 1. The highest BCUT2D eigenvalue weighted by Crippen LogP contribution is 2.44. The molecule has 4 N–H and O–H groups in total. The van der Waals surface area contributed by atoms with E-state index in [0.29, 0.717) is 11.4 Å². The monoisotopic (exact) mass is 288 g/mol. The van der Waals surface area contributed by atoms with Crippen LogP contribution in [-0.4, -0.2) is 17.1 Å². The van der Waals surface area contributed by atoms with E-state index in [-0.39, 0.29) is 5.56 Å². The van der Waals surface area contributed by atoms with Gasteiger partial charge in [0.25, 0.3) is 0 Å². The lowest BCUT2D eigenvalue weighted by molar-refractivity contribution is 0.0697. The van der Waals surface area contributed by atoms with Gasteiger partial charge >= 0.3 is 12.0 Å². The molecule has 0 atom stereocenters. The summed E-state index contributed by atoms with van der Waals surface area (Å²) < 4.78 is 0.